The third kappa shape index (κ3) is 3.04. The summed E-state index contributed by atoms with van der Waals surface area (Å²) in [4.78, 5) is 3.21. The maximum absolute atomic E-state index is 4.27. The van der Waals surface area contributed by atoms with Gasteiger partial charge in [0.2, 0.25) is 0 Å². The van der Waals surface area contributed by atoms with Crippen LogP contribution in [0.1, 0.15) is 71.4 Å². The van der Waals surface area contributed by atoms with Gasteiger partial charge in [-0.25, -0.2) is 0 Å². The molecule has 0 amide bonds. The molecule has 1 aliphatic heterocycles. The van der Waals surface area contributed by atoms with Crippen molar-refractivity contribution >= 4 is 37.9 Å². The number of alkyl halides is 1. The van der Waals surface area contributed by atoms with Crippen molar-refractivity contribution in [2.45, 2.75) is 71.2 Å². The highest BCUT2D eigenvalue weighted by Crippen LogP contribution is 2.64. The summed E-state index contributed by atoms with van der Waals surface area (Å²) in [6.45, 7) is 14.8. The van der Waals surface area contributed by atoms with Crippen molar-refractivity contribution < 1.29 is 0 Å². The van der Waals surface area contributed by atoms with Gasteiger partial charge in [-0.2, -0.15) is 0 Å². The number of hydrogen-bond donors (Lipinski definition) is 0. The van der Waals surface area contributed by atoms with E-state index in [2.05, 4.69) is 110 Å². The summed E-state index contributed by atoms with van der Waals surface area (Å²) in [6, 6.07) is 7.46. The van der Waals surface area contributed by atoms with Gasteiger partial charge in [0.05, 0.1) is 0 Å². The first-order valence-corrected chi connectivity index (χ1v) is 13.8. The van der Waals surface area contributed by atoms with Crippen molar-refractivity contribution in [3.63, 3.8) is 0 Å². The summed E-state index contributed by atoms with van der Waals surface area (Å²) in [5, 5.41) is 0. The Hall–Kier alpha value is -0.540. The smallest absolute Gasteiger partial charge is 0.0363 e. The third-order valence-corrected chi connectivity index (χ3v) is 11.8. The van der Waals surface area contributed by atoms with Crippen LogP contribution in [0.2, 0.25) is 0 Å². The van der Waals surface area contributed by atoms with E-state index in [4.69, 9.17) is 0 Å². The zero-order valence-electron chi connectivity index (χ0n) is 20.0. The molecule has 3 aliphatic carbocycles. The van der Waals surface area contributed by atoms with Crippen molar-refractivity contribution in [2.75, 3.05) is 7.05 Å². The third-order valence-electron chi connectivity index (χ3n) is 9.87. The first-order chi connectivity index (χ1) is 14.6. The van der Waals surface area contributed by atoms with Gasteiger partial charge in [-0.05, 0) is 85.5 Å². The molecule has 8 unspecified atom stereocenters. The predicted octanol–water partition coefficient (Wildman–Crippen LogP) is 8.26. The van der Waals surface area contributed by atoms with E-state index in [1.807, 2.05) is 0 Å². The molecular weight excluding hydrogens is 510 g/mol. The summed E-state index contributed by atoms with van der Waals surface area (Å²) in [7, 11) is 2.33. The average Bonchev–Trinajstić information content (AvgIpc) is 3.29. The van der Waals surface area contributed by atoms with E-state index in [0.29, 0.717) is 22.7 Å². The van der Waals surface area contributed by atoms with E-state index in [1.54, 1.807) is 5.57 Å². The topological polar surface area (TPSA) is 3.24 Å². The van der Waals surface area contributed by atoms with Crippen LogP contribution in [0.5, 0.6) is 0 Å². The Morgan fingerprint density at radius 1 is 1.06 bits per heavy atom. The maximum Gasteiger partial charge on any atom is 0.0363 e. The summed E-state index contributed by atoms with van der Waals surface area (Å²) in [5.74, 6) is 4.30. The van der Waals surface area contributed by atoms with Crippen LogP contribution in [0.3, 0.4) is 0 Å². The fourth-order valence-electron chi connectivity index (χ4n) is 8.70. The Kier molecular flexibility index (Phi) is 5.38. The van der Waals surface area contributed by atoms with Crippen LogP contribution in [0.4, 0.5) is 0 Å². The van der Waals surface area contributed by atoms with Gasteiger partial charge in [0, 0.05) is 39.9 Å². The van der Waals surface area contributed by atoms with Gasteiger partial charge in [-0.3, -0.25) is 0 Å². The van der Waals surface area contributed by atoms with Gasteiger partial charge in [-0.1, -0.05) is 76.4 Å². The lowest BCUT2D eigenvalue weighted by Gasteiger charge is -2.49. The SMILES string of the molecule is CC1=Cc2c(Br)cccc2C1C(C)(C)C1C(C)CC2C(Br)C3C(C)=C(C)N(C)C3CC21. The minimum Gasteiger partial charge on any atom is -0.375 e. The van der Waals surface area contributed by atoms with E-state index in [0.717, 1.165) is 23.7 Å². The molecule has 1 nitrogen and oxygen atoms in total. The first kappa shape index (κ1) is 22.3. The number of benzene rings is 1. The molecule has 1 aromatic carbocycles. The summed E-state index contributed by atoms with van der Waals surface area (Å²) < 4.78 is 1.24. The van der Waals surface area contributed by atoms with E-state index in [1.165, 1.54) is 39.7 Å². The number of rotatable bonds is 2. The molecule has 4 aliphatic rings. The fourth-order valence-corrected chi connectivity index (χ4v) is 10.6. The molecule has 168 valence electrons. The van der Waals surface area contributed by atoms with Gasteiger partial charge in [0.25, 0.3) is 0 Å². The zero-order valence-corrected chi connectivity index (χ0v) is 23.2. The van der Waals surface area contributed by atoms with Crippen LogP contribution in [0, 0.1) is 35.0 Å². The molecule has 0 saturated heterocycles. The molecule has 1 heterocycles. The zero-order chi connectivity index (χ0) is 22.4. The lowest BCUT2D eigenvalue weighted by Crippen LogP contribution is -2.48. The minimum absolute atomic E-state index is 0.236. The number of nitrogens with zero attached hydrogens (tertiary/aromatic N) is 1. The molecule has 8 atom stereocenters. The van der Waals surface area contributed by atoms with Gasteiger partial charge >= 0.3 is 0 Å². The van der Waals surface area contributed by atoms with Crippen molar-refractivity contribution in [1.82, 2.24) is 4.90 Å². The standard InChI is InChI=1S/C28H37Br2N/c1-14-11-19-18(9-8-10-22(19)29)25(14)28(5,6)26-15(2)12-21-20(26)13-23-24(27(21)30)16(3)17(4)31(23)7/h8-11,15,20-21,23-27H,12-13H2,1-7H3. The quantitative estimate of drug-likeness (QED) is 0.337. The van der Waals surface area contributed by atoms with Crippen molar-refractivity contribution in [2.24, 2.45) is 35.0 Å². The first-order valence-electron chi connectivity index (χ1n) is 12.1. The molecule has 0 radical (unpaired) electrons. The lowest BCUT2D eigenvalue weighted by atomic mass is 9.58. The molecule has 0 aromatic heterocycles. The molecule has 0 spiro atoms. The number of fused-ring (bicyclic) bond motifs is 3. The molecule has 2 fully saturated rings. The number of halogens is 2. The highest BCUT2D eigenvalue weighted by molar-refractivity contribution is 9.10. The Labute approximate surface area is 206 Å². The second-order valence-electron chi connectivity index (χ2n) is 11.6. The van der Waals surface area contributed by atoms with Crippen LogP contribution in [-0.4, -0.2) is 22.8 Å². The fraction of sp³-hybridized carbons (Fsp3) is 0.643. The average molecular weight is 547 g/mol. The van der Waals surface area contributed by atoms with E-state index >= 15 is 0 Å². The Balaban J connectivity index is 1.52. The highest BCUT2D eigenvalue weighted by Gasteiger charge is 2.59. The molecule has 0 N–H and O–H groups in total. The van der Waals surface area contributed by atoms with Crippen LogP contribution in [0.15, 0.2) is 39.5 Å². The predicted molar refractivity (Wildman–Crippen MR) is 139 cm³/mol. The Bertz CT molecular complexity index is 973. The van der Waals surface area contributed by atoms with E-state index in [-0.39, 0.29) is 5.41 Å². The van der Waals surface area contributed by atoms with Gasteiger partial charge in [0.15, 0.2) is 0 Å². The normalized spacial score (nSPS) is 39.5. The van der Waals surface area contributed by atoms with Crippen molar-refractivity contribution in [3.8, 4) is 0 Å². The van der Waals surface area contributed by atoms with Crippen LogP contribution >= 0.6 is 31.9 Å². The van der Waals surface area contributed by atoms with Crippen molar-refractivity contribution in [3.05, 3.63) is 50.6 Å². The van der Waals surface area contributed by atoms with Crippen molar-refractivity contribution in [1.29, 1.82) is 0 Å². The van der Waals surface area contributed by atoms with Gasteiger partial charge in [0.1, 0.15) is 0 Å². The largest absolute Gasteiger partial charge is 0.375 e. The van der Waals surface area contributed by atoms with Gasteiger partial charge < -0.3 is 4.90 Å². The summed E-state index contributed by atoms with van der Waals surface area (Å²) in [5.41, 5.74) is 7.85. The van der Waals surface area contributed by atoms with Crippen LogP contribution in [-0.2, 0) is 0 Å². The van der Waals surface area contributed by atoms with E-state index < -0.39 is 0 Å². The lowest BCUT2D eigenvalue weighted by molar-refractivity contribution is 0.0519. The second kappa shape index (κ2) is 7.49. The monoisotopic (exact) mass is 545 g/mol. The maximum atomic E-state index is 4.27. The Morgan fingerprint density at radius 2 is 1.77 bits per heavy atom. The molecule has 1 aromatic rings. The van der Waals surface area contributed by atoms with Gasteiger partial charge in [-0.15, -0.1) is 0 Å². The highest BCUT2D eigenvalue weighted by atomic mass is 79.9. The second-order valence-corrected chi connectivity index (χ2v) is 13.5. The number of allylic oxidation sites excluding steroid dienone is 2. The molecule has 3 heteroatoms. The minimum atomic E-state index is 0.236. The Morgan fingerprint density at radius 3 is 2.48 bits per heavy atom. The van der Waals surface area contributed by atoms with E-state index in [9.17, 15) is 0 Å². The summed E-state index contributed by atoms with van der Waals surface area (Å²) >= 11 is 8.09. The van der Waals surface area contributed by atoms with Crippen LogP contribution < -0.4 is 0 Å². The molecule has 0 bridgehead atoms. The van der Waals surface area contributed by atoms with Crippen LogP contribution in [0.25, 0.3) is 6.08 Å². The molecule has 31 heavy (non-hydrogen) atoms. The number of hydrogen-bond acceptors (Lipinski definition) is 1. The molecular formula is C28H37Br2N. The molecule has 2 saturated carbocycles. The summed E-state index contributed by atoms with van der Waals surface area (Å²) in [6.07, 6.45) is 5.16. The molecule has 5 rings (SSSR count).